The molecule has 0 bridgehead atoms. The molecule has 21 nitrogen and oxygen atoms in total. The van der Waals surface area contributed by atoms with Gasteiger partial charge in [0, 0.05) is 48.4 Å². The van der Waals surface area contributed by atoms with Gasteiger partial charge in [-0.2, -0.15) is 0 Å². The Morgan fingerprint density at radius 2 is 1.11 bits per heavy atom. The van der Waals surface area contributed by atoms with Crippen LogP contribution >= 0.6 is 11.6 Å². The zero-order chi connectivity index (χ0) is 57.6. The molecule has 0 spiro atoms. The minimum Gasteiger partial charge on any atom is -0.488 e. The molecule has 22 heteroatoms. The van der Waals surface area contributed by atoms with Crippen molar-refractivity contribution in [3.05, 3.63) is 65.7 Å². The van der Waals surface area contributed by atoms with Crippen molar-refractivity contribution in [2.45, 2.75) is 105 Å². The Bertz CT molecular complexity index is 2310. The first-order valence-corrected chi connectivity index (χ1v) is 27.6. The summed E-state index contributed by atoms with van der Waals surface area (Å²) in [6.07, 6.45) is -0.878. The molecule has 4 rings (SSSR count). The fraction of sp³-hybridized carbons (Fsp3) is 0.632. The first kappa shape index (κ1) is 66.2. The lowest BCUT2D eigenvalue weighted by Gasteiger charge is -2.25. The Labute approximate surface area is 470 Å². The van der Waals surface area contributed by atoms with Crippen LogP contribution in [-0.4, -0.2) is 178 Å². The highest BCUT2D eigenvalue weighted by atomic mass is 35.5. The van der Waals surface area contributed by atoms with Crippen LogP contribution in [0, 0.1) is 5.92 Å². The second-order valence-electron chi connectivity index (χ2n) is 20.9. The van der Waals surface area contributed by atoms with Crippen molar-refractivity contribution in [2.24, 2.45) is 5.92 Å². The molecule has 1 aliphatic rings. The van der Waals surface area contributed by atoms with Gasteiger partial charge in [-0.05, 0) is 83.0 Å². The molecule has 0 aliphatic carbocycles. The van der Waals surface area contributed by atoms with Gasteiger partial charge in [-0.15, -0.1) is 11.6 Å². The van der Waals surface area contributed by atoms with Crippen molar-refractivity contribution in [3.63, 3.8) is 0 Å². The molecule has 3 aromatic rings. The number of alkyl carbamates (subject to hydrolysis) is 1. The van der Waals surface area contributed by atoms with Crippen LogP contribution < -0.4 is 30.9 Å². The normalized spacial score (nSPS) is 14.2. The number of halogens is 1. The van der Waals surface area contributed by atoms with Crippen LogP contribution in [0.2, 0.25) is 0 Å². The highest BCUT2D eigenvalue weighted by molar-refractivity contribution is 6.19. The fourth-order valence-corrected chi connectivity index (χ4v) is 7.99. The number of alkyl halides is 1. The molecule has 79 heavy (non-hydrogen) atoms. The maximum absolute atomic E-state index is 13.3. The third-order valence-corrected chi connectivity index (χ3v) is 11.9. The summed E-state index contributed by atoms with van der Waals surface area (Å²) < 4.78 is 61.2. The summed E-state index contributed by atoms with van der Waals surface area (Å²) >= 11 is 6.43. The minimum absolute atomic E-state index is 0.0369. The molecule has 4 N–H and O–H groups in total. The Balaban J connectivity index is 0.993. The third-order valence-electron chi connectivity index (χ3n) is 11.6. The van der Waals surface area contributed by atoms with Crippen LogP contribution in [0.1, 0.15) is 85.8 Å². The van der Waals surface area contributed by atoms with Gasteiger partial charge < -0.3 is 73.4 Å². The molecule has 1 aliphatic heterocycles. The molecule has 0 aromatic heterocycles. The van der Waals surface area contributed by atoms with Crippen molar-refractivity contribution in [2.75, 3.05) is 135 Å². The number of carbonyl (C=O) groups is 5. The standard InChI is InChI=1S/C57H86ClN5O16/c1-40(2)51(62-49(64)18-20-69-22-24-71-26-28-73-30-32-75-34-35-76-33-31-74-29-27-72-25-23-70-21-19-59-54(67)78-56(4,5)6)53(66)60-41(3)52(65)61-44-16-14-42(15-17-44)39-77-48-36-47-50(46-13-11-10-12-45(46)48)43(37-58)38-63(47)55(68)79-57(7,8)9/h10-17,36,40-41,43,51H,18-35,37-39H2,1-9H3,(H,59,67)(H,60,66)(H,61,65)(H,62,64)/t41-,43+,51-/m0/s1. The van der Waals surface area contributed by atoms with E-state index in [1.165, 1.54) is 0 Å². The number of ether oxygens (including phenoxy) is 11. The summed E-state index contributed by atoms with van der Waals surface area (Å²) in [6.45, 7) is 23.2. The molecule has 0 saturated heterocycles. The number of hydrogen-bond acceptors (Lipinski definition) is 16. The van der Waals surface area contributed by atoms with E-state index in [-0.39, 0.29) is 44.0 Å². The number of anilines is 2. The molecule has 3 aromatic carbocycles. The predicted octanol–water partition coefficient (Wildman–Crippen LogP) is 7.13. The highest BCUT2D eigenvalue weighted by Gasteiger charge is 2.37. The molecule has 0 saturated carbocycles. The van der Waals surface area contributed by atoms with Crippen LogP contribution in [0.5, 0.6) is 5.75 Å². The fourth-order valence-electron chi connectivity index (χ4n) is 7.74. The third kappa shape index (κ3) is 25.8. The number of hydrogen-bond donors (Lipinski definition) is 4. The molecular formula is C57H86ClN5O16. The van der Waals surface area contributed by atoms with Crippen LogP contribution in [0.15, 0.2) is 54.6 Å². The van der Waals surface area contributed by atoms with E-state index in [4.69, 9.17) is 63.7 Å². The van der Waals surface area contributed by atoms with Crippen molar-refractivity contribution < 1.29 is 76.1 Å². The number of nitrogens with one attached hydrogen (secondary N) is 4. The van der Waals surface area contributed by atoms with E-state index in [1.54, 1.807) is 44.7 Å². The van der Waals surface area contributed by atoms with E-state index < -0.39 is 47.3 Å². The number of fused-ring (bicyclic) bond motifs is 3. The van der Waals surface area contributed by atoms with E-state index in [0.29, 0.717) is 129 Å². The number of carbonyl (C=O) groups excluding carboxylic acids is 5. The van der Waals surface area contributed by atoms with E-state index in [9.17, 15) is 24.0 Å². The van der Waals surface area contributed by atoms with E-state index in [0.717, 1.165) is 21.9 Å². The zero-order valence-corrected chi connectivity index (χ0v) is 48.5. The van der Waals surface area contributed by atoms with E-state index in [2.05, 4.69) is 21.3 Å². The molecule has 1 heterocycles. The number of benzene rings is 3. The summed E-state index contributed by atoms with van der Waals surface area (Å²) in [6, 6.07) is 15.2. The van der Waals surface area contributed by atoms with Gasteiger partial charge in [-0.25, -0.2) is 9.59 Å². The van der Waals surface area contributed by atoms with Gasteiger partial charge in [-0.1, -0.05) is 50.2 Å². The largest absolute Gasteiger partial charge is 0.488 e. The SMILES string of the molecule is CC(C)[C@H](NC(=O)CCOCCOCCOCCOCCOCCOCCOCCOCCNC(=O)OC(C)(C)C)C(=O)N[C@@H](C)C(=O)Nc1ccc(COc2cc3c(c4ccccc24)[C@H](CCl)CN3C(=O)OC(C)(C)C)cc1. The van der Waals surface area contributed by atoms with Gasteiger partial charge >= 0.3 is 12.2 Å². The van der Waals surface area contributed by atoms with Gasteiger partial charge in [0.2, 0.25) is 17.7 Å². The average Bonchev–Trinajstić information content (AvgIpc) is 4.04. The van der Waals surface area contributed by atoms with Gasteiger partial charge in [0.25, 0.3) is 0 Å². The van der Waals surface area contributed by atoms with Crippen molar-refractivity contribution in [1.82, 2.24) is 16.0 Å². The first-order chi connectivity index (χ1) is 37.8. The van der Waals surface area contributed by atoms with Crippen LogP contribution in [0.25, 0.3) is 10.8 Å². The minimum atomic E-state index is -0.905. The smallest absolute Gasteiger partial charge is 0.414 e. The quantitative estimate of drug-likeness (QED) is 0.0332. The maximum Gasteiger partial charge on any atom is 0.414 e. The van der Waals surface area contributed by atoms with Crippen LogP contribution in [0.3, 0.4) is 0 Å². The molecule has 0 fully saturated rings. The van der Waals surface area contributed by atoms with Crippen molar-refractivity contribution in [1.29, 1.82) is 0 Å². The average molecular weight is 1130 g/mol. The van der Waals surface area contributed by atoms with E-state index >= 15 is 0 Å². The zero-order valence-electron chi connectivity index (χ0n) is 47.7. The monoisotopic (exact) mass is 1130 g/mol. The maximum atomic E-state index is 13.3. The Morgan fingerprint density at radius 3 is 1.61 bits per heavy atom. The van der Waals surface area contributed by atoms with Crippen LogP contribution in [-0.2, 0) is 68.4 Å². The Hall–Kier alpha value is -5.36. The summed E-state index contributed by atoms with van der Waals surface area (Å²) in [4.78, 5) is 65.7. The molecular weight excluding hydrogens is 1050 g/mol. The Kier molecular flexibility index (Phi) is 29.6. The van der Waals surface area contributed by atoms with Crippen molar-refractivity contribution >= 4 is 63.7 Å². The molecule has 0 radical (unpaired) electrons. The summed E-state index contributed by atoms with van der Waals surface area (Å²) in [5.74, 6) is -0.657. The van der Waals surface area contributed by atoms with Crippen LogP contribution in [0.4, 0.5) is 21.0 Å². The Morgan fingerprint density at radius 1 is 0.620 bits per heavy atom. The first-order valence-electron chi connectivity index (χ1n) is 27.1. The lowest BCUT2D eigenvalue weighted by Crippen LogP contribution is -2.53. The molecule has 5 amide bonds. The summed E-state index contributed by atoms with van der Waals surface area (Å²) in [7, 11) is 0. The highest BCUT2D eigenvalue weighted by Crippen LogP contribution is 2.46. The van der Waals surface area contributed by atoms with Gasteiger partial charge in [-0.3, -0.25) is 19.3 Å². The molecule has 0 unspecified atom stereocenters. The summed E-state index contributed by atoms with van der Waals surface area (Å²) in [5.41, 5.74) is 1.85. The van der Waals surface area contributed by atoms with Gasteiger partial charge in [0.15, 0.2) is 0 Å². The molecule has 442 valence electrons. The lowest BCUT2D eigenvalue weighted by atomic mass is 9.95. The van der Waals surface area contributed by atoms with Crippen molar-refractivity contribution in [3.8, 4) is 5.75 Å². The topological polar surface area (TPSA) is 238 Å². The number of nitrogens with zero attached hydrogens (tertiary/aromatic N) is 1. The van der Waals surface area contributed by atoms with Gasteiger partial charge in [0.1, 0.15) is 35.6 Å². The van der Waals surface area contributed by atoms with E-state index in [1.807, 2.05) is 77.1 Å². The van der Waals surface area contributed by atoms with Gasteiger partial charge in [0.05, 0.1) is 111 Å². The lowest BCUT2D eigenvalue weighted by molar-refractivity contribution is -0.132. The molecule has 3 atom stereocenters. The predicted molar refractivity (Wildman–Crippen MR) is 300 cm³/mol. The summed E-state index contributed by atoms with van der Waals surface area (Å²) in [5, 5.41) is 12.8. The number of rotatable bonds is 37. The second kappa shape index (κ2) is 35.4. The number of amides is 5. The second-order valence-corrected chi connectivity index (χ2v) is 21.2.